The van der Waals surface area contributed by atoms with Gasteiger partial charge < -0.3 is 24.7 Å². The summed E-state index contributed by atoms with van der Waals surface area (Å²) in [6.45, 7) is 5.20. The first-order valence-corrected chi connectivity index (χ1v) is 9.31. The van der Waals surface area contributed by atoms with E-state index in [0.717, 1.165) is 42.7 Å². The van der Waals surface area contributed by atoms with Crippen molar-refractivity contribution in [2.24, 2.45) is 0 Å². The van der Waals surface area contributed by atoms with Crippen molar-refractivity contribution in [3.05, 3.63) is 35.5 Å². The summed E-state index contributed by atoms with van der Waals surface area (Å²) in [7, 11) is 1.84. The number of anilines is 2. The predicted molar refractivity (Wildman–Crippen MR) is 105 cm³/mol. The maximum Gasteiger partial charge on any atom is 0.324 e. The van der Waals surface area contributed by atoms with Gasteiger partial charge >= 0.3 is 6.01 Å². The summed E-state index contributed by atoms with van der Waals surface area (Å²) in [6.07, 6.45) is 1.77. The normalized spacial score (nSPS) is 15.0. The van der Waals surface area contributed by atoms with Crippen molar-refractivity contribution in [3.8, 4) is 11.4 Å². The highest BCUT2D eigenvalue weighted by Crippen LogP contribution is 2.31. The first kappa shape index (κ1) is 18.1. The lowest BCUT2D eigenvalue weighted by atomic mass is 9.97. The van der Waals surface area contributed by atoms with Crippen LogP contribution in [0.4, 0.5) is 11.7 Å². The molecule has 1 aliphatic heterocycles. The van der Waals surface area contributed by atoms with Crippen LogP contribution in [-0.4, -0.2) is 46.1 Å². The summed E-state index contributed by atoms with van der Waals surface area (Å²) < 4.78 is 10.8. The van der Waals surface area contributed by atoms with Gasteiger partial charge in [0.15, 0.2) is 5.82 Å². The van der Waals surface area contributed by atoms with E-state index in [-0.39, 0.29) is 5.92 Å². The average Bonchev–Trinajstić information content (AvgIpc) is 3.37. The zero-order valence-electron chi connectivity index (χ0n) is 16.2. The van der Waals surface area contributed by atoms with Gasteiger partial charge in [0.05, 0.1) is 0 Å². The number of nitrogens with zero attached hydrogens (tertiary/aromatic N) is 5. The van der Waals surface area contributed by atoms with E-state index in [0.29, 0.717) is 29.3 Å². The van der Waals surface area contributed by atoms with Gasteiger partial charge in [0.25, 0.3) is 0 Å². The van der Waals surface area contributed by atoms with Crippen LogP contribution in [0.5, 0.6) is 0 Å². The fourth-order valence-electron chi connectivity index (χ4n) is 3.47. The first-order chi connectivity index (χ1) is 13.5. The van der Waals surface area contributed by atoms with Crippen molar-refractivity contribution < 1.29 is 9.05 Å². The van der Waals surface area contributed by atoms with E-state index in [1.165, 1.54) is 0 Å². The molecule has 9 heteroatoms. The lowest BCUT2D eigenvalue weighted by molar-refractivity contribution is 0.322. The molecule has 0 saturated carbocycles. The third-order valence-corrected chi connectivity index (χ3v) is 5.02. The van der Waals surface area contributed by atoms with E-state index in [9.17, 15) is 0 Å². The van der Waals surface area contributed by atoms with E-state index in [2.05, 4.69) is 30.5 Å². The van der Waals surface area contributed by atoms with Crippen LogP contribution in [0.3, 0.4) is 0 Å². The second-order valence-corrected chi connectivity index (χ2v) is 6.98. The van der Waals surface area contributed by atoms with Crippen LogP contribution in [0.25, 0.3) is 11.4 Å². The van der Waals surface area contributed by atoms with Gasteiger partial charge in [-0.3, -0.25) is 0 Å². The minimum absolute atomic E-state index is 0.216. The first-order valence-electron chi connectivity index (χ1n) is 9.31. The topological polar surface area (TPSA) is 117 Å². The molecule has 0 bridgehead atoms. The third kappa shape index (κ3) is 3.47. The van der Waals surface area contributed by atoms with Crippen LogP contribution in [0.2, 0.25) is 0 Å². The average molecular weight is 381 g/mol. The van der Waals surface area contributed by atoms with Crippen molar-refractivity contribution in [1.82, 2.24) is 20.3 Å². The van der Waals surface area contributed by atoms with Gasteiger partial charge in [0, 0.05) is 48.6 Å². The Morgan fingerprint density at radius 3 is 2.61 bits per heavy atom. The minimum Gasteiger partial charge on any atom is -0.388 e. The summed E-state index contributed by atoms with van der Waals surface area (Å²) in [6, 6.07) is 6.35. The molecule has 9 nitrogen and oxygen atoms in total. The molecule has 28 heavy (non-hydrogen) atoms. The highest BCUT2D eigenvalue weighted by molar-refractivity contribution is 6.02. The Kier molecular flexibility index (Phi) is 4.81. The monoisotopic (exact) mass is 381 g/mol. The molecule has 1 aromatic carbocycles. The number of benzene rings is 1. The number of piperidine rings is 1. The van der Waals surface area contributed by atoms with Gasteiger partial charge in [-0.15, -0.1) is 0 Å². The molecule has 2 aromatic heterocycles. The van der Waals surface area contributed by atoms with E-state index < -0.39 is 0 Å². The van der Waals surface area contributed by atoms with Crippen LogP contribution in [0, 0.1) is 12.3 Å². The molecule has 1 aliphatic rings. The lowest BCUT2D eigenvalue weighted by Crippen LogP contribution is -2.33. The van der Waals surface area contributed by atoms with Crippen molar-refractivity contribution in [2.45, 2.75) is 32.6 Å². The fourth-order valence-corrected chi connectivity index (χ4v) is 3.47. The van der Waals surface area contributed by atoms with Crippen molar-refractivity contribution in [2.75, 3.05) is 30.4 Å². The van der Waals surface area contributed by atoms with E-state index in [4.69, 9.17) is 14.5 Å². The summed E-state index contributed by atoms with van der Waals surface area (Å²) in [5, 5.41) is 19.0. The molecular weight excluding hydrogens is 358 g/mol. The molecule has 1 saturated heterocycles. The van der Waals surface area contributed by atoms with Crippen LogP contribution in [-0.2, 0) is 0 Å². The molecule has 0 atom stereocenters. The summed E-state index contributed by atoms with van der Waals surface area (Å²) in [4.78, 5) is 11.0. The summed E-state index contributed by atoms with van der Waals surface area (Å²) in [5.41, 5.74) is 3.11. The maximum atomic E-state index is 7.86. The van der Waals surface area contributed by atoms with Gasteiger partial charge in [-0.1, -0.05) is 22.4 Å². The minimum atomic E-state index is 0.216. The Hall–Kier alpha value is -3.23. The number of hydrogen-bond acceptors (Lipinski definition) is 9. The van der Waals surface area contributed by atoms with Crippen LogP contribution in [0.15, 0.2) is 27.2 Å². The SMILES string of the molecule is CNc1cc(-c2noc(C3CCN(c4nc(C)no4)CC3)n2)ccc1C(C)=N. The van der Waals surface area contributed by atoms with Gasteiger partial charge in [0.1, 0.15) is 0 Å². The molecule has 0 aliphatic carbocycles. The van der Waals surface area contributed by atoms with Crippen LogP contribution < -0.4 is 10.2 Å². The zero-order chi connectivity index (χ0) is 19.7. The van der Waals surface area contributed by atoms with Crippen molar-refractivity contribution in [1.29, 1.82) is 5.41 Å². The zero-order valence-corrected chi connectivity index (χ0v) is 16.2. The predicted octanol–water partition coefficient (Wildman–Crippen LogP) is 3.24. The number of aryl methyl sites for hydroxylation is 1. The molecule has 0 radical (unpaired) electrons. The molecular formula is C19H23N7O2. The molecule has 1 fully saturated rings. The molecule has 146 valence electrons. The molecule has 4 rings (SSSR count). The molecule has 3 heterocycles. The lowest BCUT2D eigenvalue weighted by Gasteiger charge is -2.28. The number of hydrogen-bond donors (Lipinski definition) is 2. The molecule has 0 spiro atoms. The second kappa shape index (κ2) is 7.41. The Morgan fingerprint density at radius 1 is 1.18 bits per heavy atom. The molecule has 2 N–H and O–H groups in total. The Bertz CT molecular complexity index is 986. The largest absolute Gasteiger partial charge is 0.388 e. The highest BCUT2D eigenvalue weighted by atomic mass is 16.5. The van der Waals surface area contributed by atoms with E-state index >= 15 is 0 Å². The molecule has 0 amide bonds. The number of aromatic nitrogens is 4. The van der Waals surface area contributed by atoms with Crippen LogP contribution in [0.1, 0.15) is 43.0 Å². The Morgan fingerprint density at radius 2 is 1.96 bits per heavy atom. The van der Waals surface area contributed by atoms with E-state index in [1.807, 2.05) is 32.2 Å². The smallest absolute Gasteiger partial charge is 0.324 e. The van der Waals surface area contributed by atoms with Crippen LogP contribution >= 0.6 is 0 Å². The summed E-state index contributed by atoms with van der Waals surface area (Å²) >= 11 is 0. The second-order valence-electron chi connectivity index (χ2n) is 6.98. The fraction of sp³-hybridized carbons (Fsp3) is 0.421. The standard InChI is InChI=1S/C19H23N7O2/c1-11(20)15-5-4-14(10-16(15)21-3)17-23-18(27-25-17)13-6-8-26(9-7-13)19-22-12(2)24-28-19/h4-5,10,13,20-21H,6-9H2,1-3H3. The third-order valence-electron chi connectivity index (χ3n) is 5.02. The van der Waals surface area contributed by atoms with Gasteiger partial charge in [-0.25, -0.2) is 0 Å². The quantitative estimate of drug-likeness (QED) is 0.647. The van der Waals surface area contributed by atoms with Gasteiger partial charge in [-0.05, 0) is 32.8 Å². The van der Waals surface area contributed by atoms with E-state index in [1.54, 1.807) is 6.92 Å². The van der Waals surface area contributed by atoms with Crippen molar-refractivity contribution in [3.63, 3.8) is 0 Å². The highest BCUT2D eigenvalue weighted by Gasteiger charge is 2.27. The Labute approximate surface area is 162 Å². The van der Waals surface area contributed by atoms with Crippen molar-refractivity contribution >= 4 is 17.4 Å². The molecule has 0 unspecified atom stereocenters. The molecule has 3 aromatic rings. The van der Waals surface area contributed by atoms with Gasteiger partial charge in [-0.2, -0.15) is 9.97 Å². The maximum absolute atomic E-state index is 7.86. The summed E-state index contributed by atoms with van der Waals surface area (Å²) in [5.74, 6) is 2.09. The number of nitrogens with one attached hydrogen (secondary N) is 2. The number of rotatable bonds is 5. The van der Waals surface area contributed by atoms with Gasteiger partial charge in [0.2, 0.25) is 11.7 Å². The Balaban J connectivity index is 1.47.